The lowest BCUT2D eigenvalue weighted by molar-refractivity contribution is -0.115. The Morgan fingerprint density at radius 1 is 0.897 bits per heavy atom. The van der Waals surface area contributed by atoms with Crippen molar-refractivity contribution in [2.24, 2.45) is 0 Å². The number of aromatic nitrogens is 1. The number of carbonyl (C=O) groups is 1. The van der Waals surface area contributed by atoms with E-state index in [1.165, 1.54) is 0 Å². The van der Waals surface area contributed by atoms with E-state index in [4.69, 9.17) is 0 Å². The van der Waals surface area contributed by atoms with Crippen LogP contribution in [0.4, 0.5) is 17.2 Å². The third-order valence-electron chi connectivity index (χ3n) is 4.84. The lowest BCUT2D eigenvalue weighted by Crippen LogP contribution is -2.43. The van der Waals surface area contributed by atoms with Gasteiger partial charge in [-0.15, -0.1) is 0 Å². The summed E-state index contributed by atoms with van der Waals surface area (Å²) in [6.07, 6.45) is 1.84. The van der Waals surface area contributed by atoms with Gasteiger partial charge in [0.2, 0.25) is 5.91 Å². The fourth-order valence-corrected chi connectivity index (χ4v) is 4.54. The number of piperazine rings is 1. The van der Waals surface area contributed by atoms with Crippen LogP contribution in [-0.2, 0) is 4.79 Å². The lowest BCUT2D eigenvalue weighted by atomic mass is 10.2. The first-order valence-corrected chi connectivity index (χ1v) is 10.6. The summed E-state index contributed by atoms with van der Waals surface area (Å²) < 4.78 is 0. The summed E-state index contributed by atoms with van der Waals surface area (Å²) in [5, 5.41) is 3.32. The van der Waals surface area contributed by atoms with Crippen LogP contribution in [0.5, 0.6) is 0 Å². The average Bonchev–Trinajstić information content (AvgIpc) is 2.79. The van der Waals surface area contributed by atoms with Crippen LogP contribution < -0.4 is 15.1 Å². The fourth-order valence-electron chi connectivity index (χ4n) is 3.48. The van der Waals surface area contributed by atoms with Gasteiger partial charge in [0.15, 0.2) is 0 Å². The van der Waals surface area contributed by atoms with Gasteiger partial charge in [-0.3, -0.25) is 9.69 Å². The predicted molar refractivity (Wildman–Crippen MR) is 119 cm³/mol. The zero-order chi connectivity index (χ0) is 20.1. The molecule has 2 aromatic carbocycles. The van der Waals surface area contributed by atoms with E-state index in [1.54, 1.807) is 23.6 Å². The second-order valence-electron chi connectivity index (χ2n) is 6.82. The van der Waals surface area contributed by atoms with Gasteiger partial charge >= 0.3 is 0 Å². The van der Waals surface area contributed by atoms with Crippen LogP contribution in [0.2, 0.25) is 0 Å². The molecule has 3 aromatic rings. The molecule has 1 saturated heterocycles. The van der Waals surface area contributed by atoms with Crippen LogP contribution >= 0.6 is 11.8 Å². The molecule has 1 N–H and O–H groups in total. The highest BCUT2D eigenvalue weighted by Crippen LogP contribution is 2.47. The van der Waals surface area contributed by atoms with Crippen LogP contribution in [-0.4, -0.2) is 37.1 Å². The monoisotopic (exact) mass is 404 g/mol. The number of carbonyl (C=O) groups excluding carboxylic acids is 1. The predicted octanol–water partition coefficient (Wildman–Crippen LogP) is 4.33. The molecule has 0 aliphatic carbocycles. The highest BCUT2D eigenvalue weighted by Gasteiger charge is 2.25. The first-order valence-electron chi connectivity index (χ1n) is 9.77. The molecule has 3 heterocycles. The lowest BCUT2D eigenvalue weighted by Gasteiger charge is -2.30. The smallest absolute Gasteiger partial charge is 0.228 e. The molecule has 5 rings (SSSR count). The van der Waals surface area contributed by atoms with E-state index < -0.39 is 0 Å². The molecular weight excluding hydrogens is 380 g/mol. The maximum atomic E-state index is 11.8. The van der Waals surface area contributed by atoms with E-state index in [2.05, 4.69) is 21.3 Å². The Hall–Kier alpha value is -2.83. The van der Waals surface area contributed by atoms with Gasteiger partial charge in [-0.25, -0.2) is 4.98 Å². The largest absolute Gasteiger partial charge is 0.354 e. The third-order valence-corrected chi connectivity index (χ3v) is 5.97. The molecule has 1 aromatic heterocycles. The SMILES string of the molecule is CC(=O)N1c2ccccc2Sc2ccccc21.c1ccc(N2CCNCC2)nc1. The van der Waals surface area contributed by atoms with Crippen molar-refractivity contribution in [1.82, 2.24) is 10.3 Å². The normalized spacial score (nSPS) is 14.9. The molecule has 0 spiro atoms. The zero-order valence-corrected chi connectivity index (χ0v) is 17.2. The van der Waals surface area contributed by atoms with Crippen LogP contribution in [0, 0.1) is 0 Å². The quantitative estimate of drug-likeness (QED) is 0.654. The van der Waals surface area contributed by atoms with Gasteiger partial charge in [0.1, 0.15) is 5.82 Å². The van der Waals surface area contributed by atoms with Gasteiger partial charge in [-0.2, -0.15) is 0 Å². The zero-order valence-electron chi connectivity index (χ0n) is 16.4. The first kappa shape index (κ1) is 19.5. The fraction of sp³-hybridized carbons (Fsp3) is 0.217. The first-order chi connectivity index (χ1) is 14.2. The summed E-state index contributed by atoms with van der Waals surface area (Å²) in [6.45, 7) is 5.87. The van der Waals surface area contributed by atoms with E-state index in [0.717, 1.165) is 53.2 Å². The molecule has 0 radical (unpaired) electrons. The number of hydrogen-bond acceptors (Lipinski definition) is 5. The molecule has 1 fully saturated rings. The van der Waals surface area contributed by atoms with E-state index in [1.807, 2.05) is 66.9 Å². The third kappa shape index (κ3) is 4.44. The van der Waals surface area contributed by atoms with Crippen molar-refractivity contribution in [3.05, 3.63) is 72.9 Å². The number of para-hydroxylation sites is 2. The average molecular weight is 405 g/mol. The number of amides is 1. The standard InChI is InChI=1S/C14H11NOS.C9H13N3/c1-10(16)15-11-6-2-4-8-13(11)17-14-9-5-3-7-12(14)15;1-2-4-11-9(3-1)12-7-5-10-6-8-12/h2-9H,1H3;1-4,10H,5-8H2. The number of pyridine rings is 1. The van der Waals surface area contributed by atoms with Crippen molar-refractivity contribution >= 4 is 34.9 Å². The molecule has 5 nitrogen and oxygen atoms in total. The summed E-state index contributed by atoms with van der Waals surface area (Å²) in [5.74, 6) is 1.14. The molecule has 2 aliphatic rings. The van der Waals surface area contributed by atoms with Gasteiger partial charge in [0.05, 0.1) is 11.4 Å². The van der Waals surface area contributed by atoms with Gasteiger partial charge in [0.25, 0.3) is 0 Å². The maximum absolute atomic E-state index is 11.8. The minimum absolute atomic E-state index is 0.0465. The van der Waals surface area contributed by atoms with Crippen molar-refractivity contribution in [2.75, 3.05) is 36.0 Å². The Kier molecular flexibility index (Phi) is 6.12. The summed E-state index contributed by atoms with van der Waals surface area (Å²) in [7, 11) is 0. The van der Waals surface area contributed by atoms with Crippen molar-refractivity contribution in [3.8, 4) is 0 Å². The van der Waals surface area contributed by atoms with Crippen molar-refractivity contribution in [3.63, 3.8) is 0 Å². The summed E-state index contributed by atoms with van der Waals surface area (Å²) in [4.78, 5) is 22.5. The molecule has 6 heteroatoms. The number of benzene rings is 2. The van der Waals surface area contributed by atoms with E-state index >= 15 is 0 Å². The molecule has 0 saturated carbocycles. The minimum Gasteiger partial charge on any atom is -0.354 e. The van der Waals surface area contributed by atoms with Gasteiger partial charge in [-0.05, 0) is 36.4 Å². The highest BCUT2D eigenvalue weighted by atomic mass is 32.2. The number of hydrogen-bond donors (Lipinski definition) is 1. The van der Waals surface area contributed by atoms with Crippen molar-refractivity contribution < 1.29 is 4.79 Å². The molecule has 1 amide bonds. The van der Waals surface area contributed by atoms with Crippen molar-refractivity contribution in [2.45, 2.75) is 16.7 Å². The van der Waals surface area contributed by atoms with Crippen LogP contribution in [0.3, 0.4) is 0 Å². The number of anilines is 3. The topological polar surface area (TPSA) is 48.5 Å². The van der Waals surface area contributed by atoms with Gasteiger partial charge in [-0.1, -0.05) is 42.1 Å². The second kappa shape index (κ2) is 9.11. The molecule has 0 unspecified atom stereocenters. The molecular formula is C23H24N4OS. The molecule has 0 atom stereocenters. The van der Waals surface area contributed by atoms with E-state index in [9.17, 15) is 4.79 Å². The summed E-state index contributed by atoms with van der Waals surface area (Å²) >= 11 is 1.71. The molecule has 148 valence electrons. The molecule has 29 heavy (non-hydrogen) atoms. The van der Waals surface area contributed by atoms with Gasteiger partial charge < -0.3 is 10.2 Å². The number of rotatable bonds is 1. The Bertz CT molecular complexity index is 928. The number of nitrogens with zero attached hydrogens (tertiary/aromatic N) is 3. The van der Waals surface area contributed by atoms with Gasteiger partial charge in [0, 0.05) is 49.1 Å². The maximum Gasteiger partial charge on any atom is 0.228 e. The highest BCUT2D eigenvalue weighted by molar-refractivity contribution is 7.99. The second-order valence-corrected chi connectivity index (χ2v) is 7.90. The van der Waals surface area contributed by atoms with Crippen molar-refractivity contribution in [1.29, 1.82) is 0 Å². The van der Waals surface area contributed by atoms with E-state index in [0.29, 0.717) is 0 Å². The number of nitrogens with one attached hydrogen (secondary N) is 1. The minimum atomic E-state index is 0.0465. The Morgan fingerprint density at radius 3 is 2.03 bits per heavy atom. The number of fused-ring (bicyclic) bond motifs is 2. The summed E-state index contributed by atoms with van der Waals surface area (Å²) in [5.41, 5.74) is 1.95. The van der Waals surface area contributed by atoms with Crippen LogP contribution in [0.15, 0.2) is 82.7 Å². The van der Waals surface area contributed by atoms with E-state index in [-0.39, 0.29) is 5.91 Å². The van der Waals surface area contributed by atoms with Crippen LogP contribution in [0.1, 0.15) is 6.92 Å². The molecule has 0 bridgehead atoms. The Labute approximate surface area is 175 Å². The Morgan fingerprint density at radius 2 is 1.48 bits per heavy atom. The molecule has 2 aliphatic heterocycles. The van der Waals surface area contributed by atoms with Crippen LogP contribution in [0.25, 0.3) is 0 Å². The summed E-state index contributed by atoms with van der Waals surface area (Å²) in [6, 6.07) is 22.0. The Balaban J connectivity index is 0.000000150.